The van der Waals surface area contributed by atoms with Gasteiger partial charge in [-0.25, -0.2) is 4.39 Å². The molecule has 0 spiro atoms. The van der Waals surface area contributed by atoms with E-state index in [-0.39, 0.29) is 17.8 Å². The van der Waals surface area contributed by atoms with Gasteiger partial charge in [0, 0.05) is 13.6 Å². The number of benzene rings is 1. The van der Waals surface area contributed by atoms with E-state index in [0.29, 0.717) is 6.54 Å². The summed E-state index contributed by atoms with van der Waals surface area (Å²) in [6.45, 7) is 1.36. The summed E-state index contributed by atoms with van der Waals surface area (Å²) in [7, 11) is 1.76. The lowest BCUT2D eigenvalue weighted by molar-refractivity contribution is -0.132. The number of halogens is 1. The molecule has 1 amide bonds. The number of amides is 1. The largest absolute Gasteiger partial charge is 0.340 e. The van der Waals surface area contributed by atoms with E-state index < -0.39 is 0 Å². The van der Waals surface area contributed by atoms with Crippen molar-refractivity contribution in [2.24, 2.45) is 0 Å². The van der Waals surface area contributed by atoms with Gasteiger partial charge in [0.25, 0.3) is 0 Å². The number of rotatable bonds is 3. The predicted octanol–water partition coefficient (Wildman–Crippen LogP) is 1.54. The molecule has 1 aliphatic rings. The molecule has 17 heavy (non-hydrogen) atoms. The van der Waals surface area contributed by atoms with Crippen LogP contribution >= 0.6 is 0 Å². The third-order valence-electron chi connectivity index (χ3n) is 3.04. The molecule has 0 aromatic heterocycles. The molecule has 0 saturated carbocycles. The predicted molar refractivity (Wildman–Crippen MR) is 63.9 cm³/mol. The molecular weight excluding hydrogens is 219 g/mol. The summed E-state index contributed by atoms with van der Waals surface area (Å²) in [5.41, 5.74) is 0.818. The first-order chi connectivity index (χ1) is 8.16. The fraction of sp³-hybridized carbons (Fsp3) is 0.462. The Morgan fingerprint density at radius 1 is 1.59 bits per heavy atom. The zero-order valence-electron chi connectivity index (χ0n) is 9.95. The van der Waals surface area contributed by atoms with Crippen molar-refractivity contribution in [3.05, 3.63) is 35.6 Å². The average Bonchev–Trinajstić information content (AvgIpc) is 2.81. The molecule has 1 aromatic rings. The van der Waals surface area contributed by atoms with Gasteiger partial charge in [0.15, 0.2) is 0 Å². The van der Waals surface area contributed by atoms with Gasteiger partial charge in [-0.2, -0.15) is 0 Å². The number of nitrogens with one attached hydrogen (secondary N) is 1. The Kier molecular flexibility index (Phi) is 3.74. The highest BCUT2D eigenvalue weighted by atomic mass is 19.1. The third-order valence-corrected chi connectivity index (χ3v) is 3.04. The summed E-state index contributed by atoms with van der Waals surface area (Å²) in [6, 6.07) is 6.30. The second kappa shape index (κ2) is 5.27. The fourth-order valence-electron chi connectivity index (χ4n) is 2.15. The lowest BCUT2D eigenvalue weighted by atomic mass is 10.1. The second-order valence-corrected chi connectivity index (χ2v) is 4.47. The lowest BCUT2D eigenvalue weighted by Gasteiger charge is -2.21. The molecule has 1 saturated heterocycles. The zero-order valence-corrected chi connectivity index (χ0v) is 9.95. The minimum absolute atomic E-state index is 0.0615. The van der Waals surface area contributed by atoms with E-state index >= 15 is 0 Å². The summed E-state index contributed by atoms with van der Waals surface area (Å²) in [6.07, 6.45) is 1.94. The van der Waals surface area contributed by atoms with Crippen LogP contribution in [-0.2, 0) is 11.3 Å². The van der Waals surface area contributed by atoms with Crippen molar-refractivity contribution in [1.82, 2.24) is 10.2 Å². The molecule has 0 aliphatic carbocycles. The molecule has 0 unspecified atom stereocenters. The van der Waals surface area contributed by atoms with Crippen molar-refractivity contribution in [2.75, 3.05) is 13.6 Å². The third kappa shape index (κ3) is 3.03. The van der Waals surface area contributed by atoms with Crippen LogP contribution in [0.5, 0.6) is 0 Å². The van der Waals surface area contributed by atoms with Gasteiger partial charge in [0.1, 0.15) is 5.82 Å². The summed E-state index contributed by atoms with van der Waals surface area (Å²) < 4.78 is 13.0. The molecule has 4 heteroatoms. The number of hydrogen-bond acceptors (Lipinski definition) is 2. The highest BCUT2D eigenvalue weighted by Gasteiger charge is 2.24. The van der Waals surface area contributed by atoms with Crippen molar-refractivity contribution < 1.29 is 9.18 Å². The first kappa shape index (κ1) is 12.0. The molecular formula is C13H17FN2O. The van der Waals surface area contributed by atoms with E-state index in [1.807, 2.05) is 6.07 Å². The van der Waals surface area contributed by atoms with Gasteiger partial charge in [-0.15, -0.1) is 0 Å². The summed E-state index contributed by atoms with van der Waals surface area (Å²) in [5.74, 6) is -0.172. The summed E-state index contributed by atoms with van der Waals surface area (Å²) >= 11 is 0. The average molecular weight is 236 g/mol. The van der Waals surface area contributed by atoms with E-state index in [0.717, 1.165) is 24.9 Å². The Labute approximate surface area is 101 Å². The van der Waals surface area contributed by atoms with Crippen molar-refractivity contribution in [1.29, 1.82) is 0 Å². The Bertz CT molecular complexity index is 402. The van der Waals surface area contributed by atoms with Gasteiger partial charge in [-0.05, 0) is 37.1 Å². The first-order valence-corrected chi connectivity index (χ1v) is 5.89. The molecule has 1 aliphatic heterocycles. The monoisotopic (exact) mass is 236 g/mol. The molecule has 1 fully saturated rings. The quantitative estimate of drug-likeness (QED) is 0.863. The van der Waals surface area contributed by atoms with Crippen LogP contribution in [0, 0.1) is 5.82 Å². The fourth-order valence-corrected chi connectivity index (χ4v) is 2.15. The Morgan fingerprint density at radius 2 is 2.41 bits per heavy atom. The molecule has 3 nitrogen and oxygen atoms in total. The standard InChI is InChI=1S/C13H17FN2O/c1-16(13(17)12-6-3-7-15-12)9-10-4-2-5-11(14)8-10/h2,4-5,8,12,15H,3,6-7,9H2,1H3/t12-/m1/s1. The molecule has 1 N–H and O–H groups in total. The minimum atomic E-state index is -0.262. The SMILES string of the molecule is CN(Cc1cccc(F)c1)C(=O)[C@H]1CCCN1. The van der Waals surface area contributed by atoms with Crippen molar-refractivity contribution in [2.45, 2.75) is 25.4 Å². The normalized spacial score (nSPS) is 19.3. The van der Waals surface area contributed by atoms with Crippen molar-refractivity contribution >= 4 is 5.91 Å². The lowest BCUT2D eigenvalue weighted by Crippen LogP contribution is -2.41. The number of likely N-dealkylation sites (N-methyl/N-ethyl adjacent to an activating group) is 1. The van der Waals surface area contributed by atoms with Crippen molar-refractivity contribution in [3.8, 4) is 0 Å². The molecule has 2 rings (SSSR count). The maximum absolute atomic E-state index is 13.0. The van der Waals surface area contributed by atoms with E-state index in [2.05, 4.69) is 5.32 Å². The Morgan fingerprint density at radius 3 is 3.06 bits per heavy atom. The van der Waals surface area contributed by atoms with Crippen LogP contribution < -0.4 is 5.32 Å². The number of carbonyl (C=O) groups is 1. The van der Waals surface area contributed by atoms with E-state index in [4.69, 9.17) is 0 Å². The van der Waals surface area contributed by atoms with Gasteiger partial charge in [0.05, 0.1) is 6.04 Å². The topological polar surface area (TPSA) is 32.3 Å². The maximum atomic E-state index is 13.0. The number of nitrogens with zero attached hydrogens (tertiary/aromatic N) is 1. The van der Waals surface area contributed by atoms with Gasteiger partial charge in [-0.3, -0.25) is 4.79 Å². The van der Waals surface area contributed by atoms with Crippen molar-refractivity contribution in [3.63, 3.8) is 0 Å². The zero-order chi connectivity index (χ0) is 12.3. The number of carbonyl (C=O) groups excluding carboxylic acids is 1. The first-order valence-electron chi connectivity index (χ1n) is 5.89. The highest BCUT2D eigenvalue weighted by Crippen LogP contribution is 2.11. The van der Waals surface area contributed by atoms with E-state index in [1.165, 1.54) is 12.1 Å². The van der Waals surface area contributed by atoms with Gasteiger partial charge < -0.3 is 10.2 Å². The Hall–Kier alpha value is -1.42. The maximum Gasteiger partial charge on any atom is 0.239 e. The van der Waals surface area contributed by atoms with Gasteiger partial charge in [0.2, 0.25) is 5.91 Å². The van der Waals surface area contributed by atoms with Gasteiger partial charge in [-0.1, -0.05) is 12.1 Å². The van der Waals surface area contributed by atoms with Crippen LogP contribution in [0.1, 0.15) is 18.4 Å². The van der Waals surface area contributed by atoms with E-state index in [1.54, 1.807) is 18.0 Å². The van der Waals surface area contributed by atoms with E-state index in [9.17, 15) is 9.18 Å². The molecule has 1 aromatic carbocycles. The molecule has 92 valence electrons. The van der Waals surface area contributed by atoms with Crippen LogP contribution in [-0.4, -0.2) is 30.4 Å². The van der Waals surface area contributed by atoms with Gasteiger partial charge >= 0.3 is 0 Å². The molecule has 1 atom stereocenters. The van der Waals surface area contributed by atoms with Crippen LogP contribution in [0.3, 0.4) is 0 Å². The van der Waals surface area contributed by atoms with Crippen LogP contribution in [0.25, 0.3) is 0 Å². The van der Waals surface area contributed by atoms with Crippen LogP contribution in [0.2, 0.25) is 0 Å². The molecule has 0 bridgehead atoms. The van der Waals surface area contributed by atoms with Crippen LogP contribution in [0.15, 0.2) is 24.3 Å². The number of hydrogen-bond donors (Lipinski definition) is 1. The highest BCUT2D eigenvalue weighted by molar-refractivity contribution is 5.81. The minimum Gasteiger partial charge on any atom is -0.340 e. The summed E-state index contributed by atoms with van der Waals surface area (Å²) in [4.78, 5) is 13.7. The molecule has 0 radical (unpaired) electrons. The molecule has 1 heterocycles. The van der Waals surface area contributed by atoms with Crippen LogP contribution in [0.4, 0.5) is 4.39 Å². The summed E-state index contributed by atoms with van der Waals surface area (Å²) in [5, 5.41) is 3.17. The smallest absolute Gasteiger partial charge is 0.239 e. The Balaban J connectivity index is 1.96. The second-order valence-electron chi connectivity index (χ2n) is 4.47.